The smallest absolute Gasteiger partial charge is 0.804 e. The summed E-state index contributed by atoms with van der Waals surface area (Å²) in [4.78, 5) is 21.9. The second-order valence-electron chi connectivity index (χ2n) is 3.55. The van der Waals surface area contributed by atoms with Crippen molar-refractivity contribution in [2.75, 3.05) is 14.2 Å². The number of rotatable bonds is 4. The summed E-state index contributed by atoms with van der Waals surface area (Å²) in [6, 6.07) is 18.2. The Morgan fingerprint density at radius 3 is 1.19 bits per heavy atom. The largest absolute Gasteiger partial charge is 2.00 e. The molecule has 0 fully saturated rings. The Morgan fingerprint density at radius 1 is 0.667 bits per heavy atom. The standard InChI is InChI=1S/2C7H8O2P.Mg/c2*1-9-10(8)7-5-3-2-4-6-7;/h2*2-6H,1H3;/q2*-1;+2. The van der Waals surface area contributed by atoms with Gasteiger partial charge in [-0.2, -0.15) is 0 Å². The summed E-state index contributed by atoms with van der Waals surface area (Å²) in [5.41, 5.74) is 0. The van der Waals surface area contributed by atoms with Crippen LogP contribution in [0.3, 0.4) is 0 Å². The van der Waals surface area contributed by atoms with Crippen LogP contribution in [0.25, 0.3) is 0 Å². The fourth-order valence-corrected chi connectivity index (χ4v) is 2.56. The molecule has 2 rings (SSSR count). The number of benzene rings is 2. The van der Waals surface area contributed by atoms with Crippen LogP contribution < -0.4 is 20.4 Å². The SMILES string of the molecule is COP([O-])c1ccccc1.COP([O-])c1ccccc1.[Mg+2]. The van der Waals surface area contributed by atoms with Crippen LogP contribution in [0.1, 0.15) is 0 Å². The molecule has 0 heterocycles. The van der Waals surface area contributed by atoms with E-state index in [0.717, 1.165) is 10.6 Å². The Balaban J connectivity index is 0.000000364. The van der Waals surface area contributed by atoms with E-state index in [1.54, 1.807) is 24.3 Å². The Morgan fingerprint density at radius 2 is 0.952 bits per heavy atom. The van der Waals surface area contributed by atoms with Crippen molar-refractivity contribution in [2.24, 2.45) is 0 Å². The molecule has 21 heavy (non-hydrogen) atoms. The molecule has 2 unspecified atom stereocenters. The molecule has 0 bridgehead atoms. The summed E-state index contributed by atoms with van der Waals surface area (Å²) in [6.07, 6.45) is 0. The topological polar surface area (TPSA) is 64.6 Å². The van der Waals surface area contributed by atoms with Gasteiger partial charge >= 0.3 is 23.1 Å². The predicted octanol–water partition coefficient (Wildman–Crippen LogP) is 0.880. The molecule has 0 N–H and O–H groups in total. The average molecular weight is 335 g/mol. The van der Waals surface area contributed by atoms with Crippen molar-refractivity contribution in [1.29, 1.82) is 0 Å². The third-order valence-corrected chi connectivity index (χ3v) is 4.37. The minimum atomic E-state index is -1.62. The Kier molecular flexibility index (Phi) is 12.4. The van der Waals surface area contributed by atoms with Gasteiger partial charge in [-0.05, 0) is 27.4 Å². The van der Waals surface area contributed by atoms with Crippen molar-refractivity contribution in [1.82, 2.24) is 0 Å². The molecule has 0 amide bonds. The van der Waals surface area contributed by atoms with Crippen LogP contribution in [0.15, 0.2) is 60.7 Å². The fraction of sp³-hybridized carbons (Fsp3) is 0.143. The van der Waals surface area contributed by atoms with Crippen LogP contribution in [0.2, 0.25) is 0 Å². The molecule has 0 radical (unpaired) electrons. The first-order chi connectivity index (χ1) is 9.69. The quantitative estimate of drug-likeness (QED) is 0.615. The van der Waals surface area contributed by atoms with E-state index in [0.29, 0.717) is 0 Å². The predicted molar refractivity (Wildman–Crippen MR) is 85.8 cm³/mol. The summed E-state index contributed by atoms with van der Waals surface area (Å²) in [6.45, 7) is 0. The van der Waals surface area contributed by atoms with Crippen molar-refractivity contribution in [2.45, 2.75) is 0 Å². The molecule has 4 nitrogen and oxygen atoms in total. The molecular formula is C14H16MgO4P2. The zero-order valence-electron chi connectivity index (χ0n) is 12.0. The second kappa shape index (κ2) is 12.5. The molecule has 0 aliphatic heterocycles. The van der Waals surface area contributed by atoms with Crippen molar-refractivity contribution in [3.05, 3.63) is 60.7 Å². The van der Waals surface area contributed by atoms with Gasteiger partial charge in [0.1, 0.15) is 0 Å². The van der Waals surface area contributed by atoms with Gasteiger partial charge in [-0.3, -0.25) is 0 Å². The van der Waals surface area contributed by atoms with E-state index in [4.69, 9.17) is 0 Å². The number of hydrogen-bond acceptors (Lipinski definition) is 4. The van der Waals surface area contributed by atoms with Gasteiger partial charge in [0.05, 0.1) is 0 Å². The summed E-state index contributed by atoms with van der Waals surface area (Å²) in [7, 11) is -0.374. The van der Waals surface area contributed by atoms with Gasteiger partial charge in [0, 0.05) is 14.2 Å². The zero-order valence-corrected chi connectivity index (χ0v) is 15.2. The maximum atomic E-state index is 10.9. The van der Waals surface area contributed by atoms with Crippen molar-refractivity contribution in [3.8, 4) is 0 Å². The van der Waals surface area contributed by atoms with Crippen LogP contribution in [-0.2, 0) is 9.05 Å². The van der Waals surface area contributed by atoms with Crippen LogP contribution in [-0.4, -0.2) is 37.3 Å². The molecule has 2 aromatic carbocycles. The van der Waals surface area contributed by atoms with Gasteiger partial charge in [-0.15, -0.1) is 0 Å². The zero-order chi connectivity index (χ0) is 14.8. The van der Waals surface area contributed by atoms with Crippen LogP contribution in [0.5, 0.6) is 0 Å². The summed E-state index contributed by atoms with van der Waals surface area (Å²) < 4.78 is 9.29. The maximum absolute atomic E-state index is 10.9. The molecule has 2 aromatic rings. The van der Waals surface area contributed by atoms with E-state index >= 15 is 0 Å². The normalized spacial score (nSPS) is 12.4. The van der Waals surface area contributed by atoms with Crippen molar-refractivity contribution >= 4 is 50.4 Å². The summed E-state index contributed by atoms with van der Waals surface area (Å²) in [5, 5.41) is 1.47. The molecule has 108 valence electrons. The van der Waals surface area contributed by atoms with E-state index in [-0.39, 0.29) is 23.1 Å². The third kappa shape index (κ3) is 8.20. The monoisotopic (exact) mass is 334 g/mol. The Hall–Kier alpha value is -0.0938. The first kappa shape index (κ1) is 20.9. The Bertz CT molecular complexity index is 427. The van der Waals surface area contributed by atoms with Gasteiger partial charge in [-0.1, -0.05) is 60.7 Å². The van der Waals surface area contributed by atoms with E-state index in [1.807, 2.05) is 36.4 Å². The minimum absolute atomic E-state index is 0. The molecular weight excluding hydrogens is 318 g/mol. The molecule has 0 spiro atoms. The molecule has 0 aliphatic carbocycles. The molecule has 7 heteroatoms. The fourth-order valence-electron chi connectivity index (χ4n) is 1.31. The van der Waals surface area contributed by atoms with Gasteiger partial charge in [0.15, 0.2) is 0 Å². The van der Waals surface area contributed by atoms with Crippen molar-refractivity contribution < 1.29 is 18.8 Å². The van der Waals surface area contributed by atoms with E-state index in [9.17, 15) is 9.79 Å². The maximum Gasteiger partial charge on any atom is 2.00 e. The minimum Gasteiger partial charge on any atom is -0.804 e. The second-order valence-corrected chi connectivity index (χ2v) is 6.34. The molecule has 2 atom stereocenters. The van der Waals surface area contributed by atoms with E-state index in [1.165, 1.54) is 14.2 Å². The first-order valence-corrected chi connectivity index (χ1v) is 8.17. The van der Waals surface area contributed by atoms with Crippen LogP contribution >= 0.6 is 16.8 Å². The van der Waals surface area contributed by atoms with Crippen LogP contribution in [0, 0.1) is 0 Å². The van der Waals surface area contributed by atoms with Gasteiger partial charge in [-0.25, -0.2) is 0 Å². The van der Waals surface area contributed by atoms with Gasteiger partial charge in [0.25, 0.3) is 0 Å². The molecule has 0 aliphatic rings. The van der Waals surface area contributed by atoms with E-state index < -0.39 is 16.8 Å². The van der Waals surface area contributed by atoms with E-state index in [2.05, 4.69) is 9.05 Å². The first-order valence-electron chi connectivity index (χ1n) is 5.82. The molecule has 0 aromatic heterocycles. The average Bonchev–Trinajstić information content (AvgIpc) is 2.55. The number of hydrogen-bond donors (Lipinski definition) is 0. The van der Waals surface area contributed by atoms with Gasteiger partial charge < -0.3 is 18.8 Å². The molecule has 0 saturated heterocycles. The van der Waals surface area contributed by atoms with Gasteiger partial charge in [0.2, 0.25) is 0 Å². The Labute approximate surface area is 144 Å². The third-order valence-electron chi connectivity index (χ3n) is 2.27. The van der Waals surface area contributed by atoms with Crippen molar-refractivity contribution in [3.63, 3.8) is 0 Å². The summed E-state index contributed by atoms with van der Waals surface area (Å²) in [5.74, 6) is 0. The van der Waals surface area contributed by atoms with Crippen LogP contribution in [0.4, 0.5) is 0 Å². The summed E-state index contributed by atoms with van der Waals surface area (Å²) >= 11 is 0. The molecule has 0 saturated carbocycles.